The van der Waals surface area contributed by atoms with Gasteiger partial charge in [0.05, 0.1) is 0 Å². The van der Waals surface area contributed by atoms with Gasteiger partial charge in [0.15, 0.2) is 17.1 Å². The first-order valence-corrected chi connectivity index (χ1v) is 8.60. The van der Waals surface area contributed by atoms with Gasteiger partial charge in [-0.1, -0.05) is 85.6 Å². The SMILES string of the molecule is CC(C)(C)C1(Br)C=CC(Br)(C(C)(C)C)S1(=O)=O. The van der Waals surface area contributed by atoms with Crippen molar-refractivity contribution in [1.82, 2.24) is 0 Å². The van der Waals surface area contributed by atoms with Crippen LogP contribution in [0.25, 0.3) is 0 Å². The molecule has 0 bridgehead atoms. The summed E-state index contributed by atoms with van der Waals surface area (Å²) < 4.78 is 23.7. The summed E-state index contributed by atoms with van der Waals surface area (Å²) in [5.74, 6) is 0. The molecule has 0 spiro atoms. The van der Waals surface area contributed by atoms with Gasteiger partial charge in [0.25, 0.3) is 0 Å². The average molecular weight is 388 g/mol. The maximum atomic E-state index is 12.9. The van der Waals surface area contributed by atoms with Gasteiger partial charge in [-0.2, -0.15) is 0 Å². The molecule has 1 aliphatic heterocycles. The number of hydrogen-bond donors (Lipinski definition) is 0. The molecule has 0 aromatic heterocycles. The van der Waals surface area contributed by atoms with Crippen molar-refractivity contribution in [3.05, 3.63) is 12.2 Å². The molecule has 2 unspecified atom stereocenters. The van der Waals surface area contributed by atoms with E-state index in [1.165, 1.54) is 0 Å². The lowest BCUT2D eigenvalue weighted by molar-refractivity contribution is 0.376. The molecule has 0 saturated carbocycles. The van der Waals surface area contributed by atoms with Crippen LogP contribution in [0.5, 0.6) is 0 Å². The van der Waals surface area contributed by atoms with E-state index in [1.807, 2.05) is 41.5 Å². The third kappa shape index (κ3) is 1.88. The van der Waals surface area contributed by atoms with Crippen LogP contribution >= 0.6 is 31.9 Å². The van der Waals surface area contributed by atoms with Crippen LogP contribution in [0.15, 0.2) is 12.2 Å². The van der Waals surface area contributed by atoms with Crippen molar-refractivity contribution in [2.45, 2.75) is 48.9 Å². The maximum Gasteiger partial charge on any atom is 0.189 e. The molecule has 0 aromatic carbocycles. The van der Waals surface area contributed by atoms with Crippen LogP contribution in [-0.4, -0.2) is 15.7 Å². The van der Waals surface area contributed by atoms with Crippen molar-refractivity contribution < 1.29 is 8.42 Å². The maximum absolute atomic E-state index is 12.9. The Bertz CT molecular complexity index is 418. The van der Waals surface area contributed by atoms with Crippen LogP contribution < -0.4 is 0 Å². The van der Waals surface area contributed by atoms with E-state index in [-0.39, 0.29) is 0 Å². The van der Waals surface area contributed by atoms with Crippen LogP contribution in [0.1, 0.15) is 41.5 Å². The molecule has 0 amide bonds. The van der Waals surface area contributed by atoms with Crippen molar-refractivity contribution in [2.75, 3.05) is 0 Å². The fourth-order valence-electron chi connectivity index (χ4n) is 1.92. The molecule has 17 heavy (non-hydrogen) atoms. The third-order valence-electron chi connectivity index (χ3n) is 3.34. The van der Waals surface area contributed by atoms with Crippen LogP contribution in [0.2, 0.25) is 0 Å². The lowest BCUT2D eigenvalue weighted by Gasteiger charge is -2.41. The fourth-order valence-corrected chi connectivity index (χ4v) is 6.90. The van der Waals surface area contributed by atoms with E-state index < -0.39 is 28.0 Å². The van der Waals surface area contributed by atoms with Gasteiger partial charge in [0.1, 0.15) is 0 Å². The number of alkyl halides is 2. The zero-order valence-electron chi connectivity index (χ0n) is 11.1. The predicted molar refractivity (Wildman–Crippen MR) is 80.3 cm³/mol. The molecule has 5 heteroatoms. The molecule has 100 valence electrons. The lowest BCUT2D eigenvalue weighted by Crippen LogP contribution is -2.50. The summed E-state index contributed by atoms with van der Waals surface area (Å²) in [7, 11) is -3.42. The Morgan fingerprint density at radius 3 is 1.18 bits per heavy atom. The highest BCUT2D eigenvalue weighted by atomic mass is 79.9. The van der Waals surface area contributed by atoms with E-state index in [0.29, 0.717) is 0 Å². The van der Waals surface area contributed by atoms with Gasteiger partial charge in [-0.3, -0.25) is 0 Å². The van der Waals surface area contributed by atoms with Gasteiger partial charge in [0, 0.05) is 0 Å². The first-order chi connectivity index (χ1) is 7.21. The minimum atomic E-state index is -3.42. The van der Waals surface area contributed by atoms with Crippen molar-refractivity contribution >= 4 is 41.7 Å². The van der Waals surface area contributed by atoms with Crippen molar-refractivity contribution in [2.24, 2.45) is 10.8 Å². The second-order valence-corrected chi connectivity index (χ2v) is 12.5. The Kier molecular flexibility index (Phi) is 3.53. The monoisotopic (exact) mass is 386 g/mol. The zero-order valence-corrected chi connectivity index (χ0v) is 15.1. The summed E-state index contributed by atoms with van der Waals surface area (Å²) in [6.45, 7) is 11.5. The lowest BCUT2D eigenvalue weighted by atomic mass is 9.89. The molecule has 0 saturated heterocycles. The predicted octanol–water partition coefficient (Wildman–Crippen LogP) is 4.25. The van der Waals surface area contributed by atoms with Crippen molar-refractivity contribution in [3.63, 3.8) is 0 Å². The first-order valence-electron chi connectivity index (χ1n) is 5.53. The zero-order chi connectivity index (χ0) is 13.9. The number of rotatable bonds is 0. The molecule has 0 N–H and O–H groups in total. The molecule has 2 nitrogen and oxygen atoms in total. The highest BCUT2D eigenvalue weighted by molar-refractivity contribution is 9.14. The van der Waals surface area contributed by atoms with Crippen LogP contribution in [-0.2, 0) is 9.84 Å². The Hall–Kier alpha value is 0.650. The van der Waals surface area contributed by atoms with Crippen molar-refractivity contribution in [3.8, 4) is 0 Å². The first kappa shape index (κ1) is 15.7. The quantitative estimate of drug-likeness (QED) is 0.460. The Labute approximate surface area is 121 Å². The highest BCUT2D eigenvalue weighted by Crippen LogP contribution is 2.59. The summed E-state index contributed by atoms with van der Waals surface area (Å²) in [6.07, 6.45) is 3.53. The molecule has 0 aliphatic carbocycles. The topological polar surface area (TPSA) is 34.1 Å². The fraction of sp³-hybridized carbons (Fsp3) is 0.833. The Morgan fingerprint density at radius 2 is 1.06 bits per heavy atom. The molecule has 1 heterocycles. The molecular weight excluding hydrogens is 368 g/mol. The van der Waals surface area contributed by atoms with E-state index in [2.05, 4.69) is 31.9 Å². The smallest absolute Gasteiger partial charge is 0.189 e. The minimum Gasteiger partial charge on any atom is -0.225 e. The Balaban J connectivity index is 3.52. The largest absolute Gasteiger partial charge is 0.225 e. The van der Waals surface area contributed by atoms with Gasteiger partial charge in [0.2, 0.25) is 0 Å². The van der Waals surface area contributed by atoms with Gasteiger partial charge in [-0.15, -0.1) is 0 Å². The highest BCUT2D eigenvalue weighted by Gasteiger charge is 2.64. The van der Waals surface area contributed by atoms with E-state index in [4.69, 9.17) is 0 Å². The molecule has 2 atom stereocenters. The molecule has 0 radical (unpaired) electrons. The van der Waals surface area contributed by atoms with Gasteiger partial charge in [-0.05, 0) is 10.8 Å². The second-order valence-electron chi connectivity index (χ2n) is 6.63. The number of hydrogen-bond acceptors (Lipinski definition) is 2. The van der Waals surface area contributed by atoms with Crippen LogP contribution in [0, 0.1) is 10.8 Å². The second kappa shape index (κ2) is 3.83. The Morgan fingerprint density at radius 1 is 0.824 bits per heavy atom. The molecule has 1 aliphatic rings. The summed E-state index contributed by atoms with van der Waals surface area (Å²) >= 11 is 6.90. The van der Waals surface area contributed by atoms with Gasteiger partial charge in [-0.25, -0.2) is 8.42 Å². The molecular formula is C12H20Br2O2S. The standard InChI is InChI=1S/C12H20Br2O2S/c1-9(2,3)11(13)7-8-12(14,10(4,5)6)17(11,15)16/h7-8H,1-6H3. The van der Waals surface area contributed by atoms with E-state index >= 15 is 0 Å². The summed E-state index contributed by atoms with van der Waals surface area (Å²) in [4.78, 5) is 0. The van der Waals surface area contributed by atoms with Crippen molar-refractivity contribution in [1.29, 1.82) is 0 Å². The normalized spacial score (nSPS) is 37.4. The van der Waals surface area contributed by atoms with Gasteiger partial charge >= 0.3 is 0 Å². The summed E-state index contributed by atoms with van der Waals surface area (Å²) in [5, 5.41) is 0. The van der Waals surface area contributed by atoms with E-state index in [0.717, 1.165) is 0 Å². The van der Waals surface area contributed by atoms with Crippen LogP contribution in [0.4, 0.5) is 0 Å². The third-order valence-corrected chi connectivity index (χ3v) is 11.9. The van der Waals surface area contributed by atoms with E-state index in [9.17, 15) is 8.42 Å². The van der Waals surface area contributed by atoms with E-state index in [1.54, 1.807) is 12.2 Å². The average Bonchev–Trinajstić information content (AvgIpc) is 2.25. The number of halogens is 2. The molecule has 0 fully saturated rings. The number of sulfone groups is 1. The summed E-state index contributed by atoms with van der Waals surface area (Å²) in [6, 6.07) is 0. The minimum absolute atomic E-state index is 0.414. The van der Waals surface area contributed by atoms with Crippen LogP contribution in [0.3, 0.4) is 0 Å². The molecule has 0 aromatic rings. The van der Waals surface area contributed by atoms with Gasteiger partial charge < -0.3 is 0 Å². The molecule has 1 rings (SSSR count). The summed E-state index contributed by atoms with van der Waals surface area (Å²) in [5.41, 5.74) is -0.827.